The van der Waals surface area contributed by atoms with Gasteiger partial charge in [-0.1, -0.05) is 30.3 Å². The molecule has 0 radical (unpaired) electrons. The molecule has 0 amide bonds. The van der Waals surface area contributed by atoms with Gasteiger partial charge in [0, 0.05) is 31.7 Å². The average molecular weight is 332 g/mol. The number of pyridine rings is 1. The molecular weight excluding hydrogens is 312 g/mol. The van der Waals surface area contributed by atoms with E-state index in [1.54, 1.807) is 10.8 Å². The predicted molar refractivity (Wildman–Crippen MR) is 95.9 cm³/mol. The first kappa shape index (κ1) is 15.5. The molecule has 3 aromatic heterocycles. The molecule has 6 nitrogen and oxygen atoms in total. The molecule has 0 saturated heterocycles. The Morgan fingerprint density at radius 1 is 0.960 bits per heavy atom. The zero-order chi connectivity index (χ0) is 17.1. The van der Waals surface area contributed by atoms with Crippen molar-refractivity contribution in [3.63, 3.8) is 0 Å². The van der Waals surface area contributed by atoms with Gasteiger partial charge in [-0.15, -0.1) is 0 Å². The highest BCUT2D eigenvalue weighted by atomic mass is 15.3. The lowest BCUT2D eigenvalue weighted by atomic mass is 10.2. The number of fused-ring (bicyclic) bond motifs is 1. The zero-order valence-corrected chi connectivity index (χ0v) is 14.2. The summed E-state index contributed by atoms with van der Waals surface area (Å²) in [5.74, 6) is 1.06. The van der Waals surface area contributed by atoms with Crippen LogP contribution in [0.3, 0.4) is 0 Å². The van der Waals surface area contributed by atoms with E-state index < -0.39 is 0 Å². The van der Waals surface area contributed by atoms with Gasteiger partial charge >= 0.3 is 0 Å². The summed E-state index contributed by atoms with van der Waals surface area (Å²) in [4.78, 5) is 11.0. The van der Waals surface area contributed by atoms with Gasteiger partial charge in [0.2, 0.25) is 0 Å². The van der Waals surface area contributed by atoms with Crippen molar-refractivity contribution in [3.8, 4) is 0 Å². The van der Waals surface area contributed by atoms with Crippen LogP contribution in [0.15, 0.2) is 67.4 Å². The van der Waals surface area contributed by atoms with E-state index in [2.05, 4.69) is 68.0 Å². The van der Waals surface area contributed by atoms with Crippen molar-refractivity contribution in [1.82, 2.24) is 29.0 Å². The molecule has 3 heterocycles. The summed E-state index contributed by atoms with van der Waals surface area (Å²) < 4.78 is 3.98. The lowest BCUT2D eigenvalue weighted by Gasteiger charge is -2.17. The van der Waals surface area contributed by atoms with Crippen molar-refractivity contribution in [1.29, 1.82) is 0 Å². The van der Waals surface area contributed by atoms with Gasteiger partial charge < -0.3 is 4.57 Å². The smallest absolute Gasteiger partial charge is 0.155 e. The molecule has 126 valence electrons. The molecular formula is C19H20N6. The van der Waals surface area contributed by atoms with Crippen molar-refractivity contribution in [2.24, 2.45) is 0 Å². The molecule has 0 aliphatic heterocycles. The minimum Gasteiger partial charge on any atom is -0.329 e. The standard InChI is InChI=1S/C19H20N6/c1-23(12-17-7-9-25-18(11-17)21-15-22-25)14-19-20-8-10-24(19)13-16-5-3-2-4-6-16/h2-11,15H,12-14H2,1H3. The summed E-state index contributed by atoms with van der Waals surface area (Å²) in [6.07, 6.45) is 7.43. The third-order valence-corrected chi connectivity index (χ3v) is 4.21. The molecule has 0 atom stereocenters. The quantitative estimate of drug-likeness (QED) is 0.545. The summed E-state index contributed by atoms with van der Waals surface area (Å²) in [6.45, 7) is 2.47. The third kappa shape index (κ3) is 3.59. The number of nitrogens with zero attached hydrogens (tertiary/aromatic N) is 6. The minimum atomic E-state index is 0.789. The van der Waals surface area contributed by atoms with Crippen LogP contribution in [0.25, 0.3) is 5.65 Å². The Morgan fingerprint density at radius 2 is 1.84 bits per heavy atom. The predicted octanol–water partition coefficient (Wildman–Crippen LogP) is 2.61. The average Bonchev–Trinajstić information content (AvgIpc) is 3.25. The van der Waals surface area contributed by atoms with Crippen LogP contribution < -0.4 is 0 Å². The molecule has 1 aromatic carbocycles. The monoisotopic (exact) mass is 332 g/mol. The maximum absolute atomic E-state index is 4.53. The normalized spacial score (nSPS) is 11.4. The molecule has 0 N–H and O–H groups in total. The van der Waals surface area contributed by atoms with Gasteiger partial charge in [-0.25, -0.2) is 14.5 Å². The first-order valence-electron chi connectivity index (χ1n) is 8.29. The zero-order valence-electron chi connectivity index (χ0n) is 14.2. The number of benzene rings is 1. The fourth-order valence-electron chi connectivity index (χ4n) is 2.98. The first-order valence-corrected chi connectivity index (χ1v) is 8.29. The van der Waals surface area contributed by atoms with Crippen LogP contribution in [0.1, 0.15) is 17.0 Å². The number of aromatic nitrogens is 5. The third-order valence-electron chi connectivity index (χ3n) is 4.21. The van der Waals surface area contributed by atoms with Crippen molar-refractivity contribution >= 4 is 5.65 Å². The fourth-order valence-corrected chi connectivity index (χ4v) is 2.98. The highest BCUT2D eigenvalue weighted by molar-refractivity contribution is 5.39. The second-order valence-corrected chi connectivity index (χ2v) is 6.23. The van der Waals surface area contributed by atoms with Gasteiger partial charge in [0.15, 0.2) is 5.65 Å². The minimum absolute atomic E-state index is 0.789. The second-order valence-electron chi connectivity index (χ2n) is 6.23. The van der Waals surface area contributed by atoms with Crippen molar-refractivity contribution in [2.45, 2.75) is 19.6 Å². The molecule has 25 heavy (non-hydrogen) atoms. The van der Waals surface area contributed by atoms with Gasteiger partial charge in [0.25, 0.3) is 0 Å². The van der Waals surface area contributed by atoms with Crippen LogP contribution >= 0.6 is 0 Å². The molecule has 0 fully saturated rings. The first-order chi connectivity index (χ1) is 12.3. The van der Waals surface area contributed by atoms with Crippen LogP contribution in [0.4, 0.5) is 0 Å². The van der Waals surface area contributed by atoms with E-state index in [0.717, 1.165) is 31.1 Å². The molecule has 0 unspecified atom stereocenters. The van der Waals surface area contributed by atoms with E-state index in [1.165, 1.54) is 11.1 Å². The molecule has 0 aliphatic rings. The topological polar surface area (TPSA) is 51.2 Å². The Labute approximate surface area is 146 Å². The highest BCUT2D eigenvalue weighted by Crippen LogP contribution is 2.11. The van der Waals surface area contributed by atoms with Gasteiger partial charge in [0.1, 0.15) is 12.2 Å². The molecule has 4 rings (SSSR count). The highest BCUT2D eigenvalue weighted by Gasteiger charge is 2.08. The van der Waals surface area contributed by atoms with E-state index >= 15 is 0 Å². The van der Waals surface area contributed by atoms with Gasteiger partial charge in [-0.05, 0) is 30.3 Å². The number of hydrogen-bond donors (Lipinski definition) is 0. The Morgan fingerprint density at radius 3 is 2.72 bits per heavy atom. The summed E-state index contributed by atoms with van der Waals surface area (Å²) in [6, 6.07) is 14.6. The summed E-state index contributed by atoms with van der Waals surface area (Å²) in [7, 11) is 2.11. The number of imidazole rings is 1. The van der Waals surface area contributed by atoms with E-state index in [0.29, 0.717) is 0 Å². The van der Waals surface area contributed by atoms with Crippen LogP contribution in [-0.2, 0) is 19.6 Å². The van der Waals surface area contributed by atoms with Crippen molar-refractivity contribution in [2.75, 3.05) is 7.05 Å². The lowest BCUT2D eigenvalue weighted by molar-refractivity contribution is 0.306. The summed E-state index contributed by atoms with van der Waals surface area (Å²) in [5.41, 5.74) is 3.36. The maximum Gasteiger partial charge on any atom is 0.155 e. The Balaban J connectivity index is 1.44. The van der Waals surface area contributed by atoms with Gasteiger partial charge in [0.05, 0.1) is 6.54 Å². The van der Waals surface area contributed by atoms with E-state index in [9.17, 15) is 0 Å². The molecule has 0 bridgehead atoms. The molecule has 4 aromatic rings. The maximum atomic E-state index is 4.53. The van der Waals surface area contributed by atoms with Gasteiger partial charge in [-0.2, -0.15) is 5.10 Å². The van der Waals surface area contributed by atoms with Crippen LogP contribution in [0.5, 0.6) is 0 Å². The second kappa shape index (κ2) is 6.86. The SMILES string of the molecule is CN(Cc1ccn2ncnc2c1)Cc1nccn1Cc1ccccc1. The molecule has 6 heteroatoms. The molecule has 0 saturated carbocycles. The van der Waals surface area contributed by atoms with Crippen LogP contribution in [0, 0.1) is 0 Å². The van der Waals surface area contributed by atoms with Gasteiger partial charge in [-0.3, -0.25) is 4.90 Å². The van der Waals surface area contributed by atoms with Crippen LogP contribution in [-0.4, -0.2) is 36.1 Å². The largest absolute Gasteiger partial charge is 0.329 e. The Hall–Kier alpha value is -2.99. The molecule has 0 aliphatic carbocycles. The fraction of sp³-hybridized carbons (Fsp3) is 0.211. The van der Waals surface area contributed by atoms with Crippen LogP contribution in [0.2, 0.25) is 0 Å². The Kier molecular flexibility index (Phi) is 4.26. The summed E-state index contributed by atoms with van der Waals surface area (Å²) >= 11 is 0. The lowest BCUT2D eigenvalue weighted by Crippen LogP contribution is -2.20. The number of rotatable bonds is 6. The van der Waals surface area contributed by atoms with Crippen molar-refractivity contribution in [3.05, 3.63) is 84.3 Å². The molecule has 0 spiro atoms. The number of hydrogen-bond acceptors (Lipinski definition) is 4. The van der Waals surface area contributed by atoms with E-state index in [1.807, 2.05) is 24.7 Å². The Bertz CT molecular complexity index is 956. The van der Waals surface area contributed by atoms with E-state index in [-0.39, 0.29) is 0 Å². The van der Waals surface area contributed by atoms with Crippen molar-refractivity contribution < 1.29 is 0 Å². The van der Waals surface area contributed by atoms with E-state index in [4.69, 9.17) is 0 Å². The summed E-state index contributed by atoms with van der Waals surface area (Å²) in [5, 5.41) is 4.13.